The van der Waals surface area contributed by atoms with Crippen molar-refractivity contribution in [1.29, 1.82) is 0 Å². The Balaban J connectivity index is 0.00000106. The second-order valence-corrected chi connectivity index (χ2v) is 3.15. The van der Waals surface area contributed by atoms with E-state index in [9.17, 15) is 0 Å². The first-order chi connectivity index (χ1) is 7.83. The molecule has 0 fully saturated rings. The number of ether oxygens (including phenoxy) is 2. The van der Waals surface area contributed by atoms with E-state index in [1.807, 2.05) is 26.0 Å². The van der Waals surface area contributed by atoms with Crippen LogP contribution in [0.5, 0.6) is 11.5 Å². The van der Waals surface area contributed by atoms with Crippen molar-refractivity contribution in [3.63, 3.8) is 0 Å². The minimum Gasteiger partial charge on any atom is -0.493 e. The van der Waals surface area contributed by atoms with Crippen LogP contribution < -0.4 is 9.47 Å². The molecule has 1 aromatic carbocycles. The van der Waals surface area contributed by atoms with Crippen molar-refractivity contribution in [2.75, 3.05) is 13.7 Å². The van der Waals surface area contributed by atoms with Crippen molar-refractivity contribution in [3.8, 4) is 11.5 Å². The number of para-hydroxylation sites is 1. The fourth-order valence-electron chi connectivity index (χ4n) is 1.40. The molecule has 0 saturated carbocycles. The van der Waals surface area contributed by atoms with Gasteiger partial charge in [-0.2, -0.15) is 0 Å². The number of aryl methyl sites for hydroxylation is 1. The van der Waals surface area contributed by atoms with E-state index in [1.54, 1.807) is 7.11 Å². The molecule has 16 heavy (non-hydrogen) atoms. The van der Waals surface area contributed by atoms with Gasteiger partial charge >= 0.3 is 0 Å². The molecule has 2 heteroatoms. The molecule has 0 aromatic heterocycles. The van der Waals surface area contributed by atoms with Gasteiger partial charge in [-0.1, -0.05) is 39.8 Å². The summed E-state index contributed by atoms with van der Waals surface area (Å²) < 4.78 is 10.9. The molecule has 0 aliphatic heterocycles. The summed E-state index contributed by atoms with van der Waals surface area (Å²) in [6.07, 6.45) is 1.98. The molecule has 0 saturated heterocycles. The van der Waals surface area contributed by atoms with Gasteiger partial charge in [-0.25, -0.2) is 0 Å². The van der Waals surface area contributed by atoms with E-state index in [1.165, 1.54) is 5.56 Å². The van der Waals surface area contributed by atoms with Crippen LogP contribution >= 0.6 is 0 Å². The standard InChI is InChI=1S/C12H18O2.C2H6/c1-4-9-14-11-8-6-7-10(5-2)12(11)13-3;1-2/h6-8H,4-5,9H2,1-3H3;1-2H3. The molecular weight excluding hydrogens is 200 g/mol. The summed E-state index contributed by atoms with van der Waals surface area (Å²) in [5.74, 6) is 1.73. The third-order valence-electron chi connectivity index (χ3n) is 2.11. The molecule has 0 aliphatic rings. The first kappa shape index (κ1) is 14.8. The van der Waals surface area contributed by atoms with Crippen LogP contribution in [-0.2, 0) is 6.42 Å². The van der Waals surface area contributed by atoms with E-state index in [2.05, 4.69) is 19.9 Å². The summed E-state index contributed by atoms with van der Waals surface area (Å²) in [5, 5.41) is 0. The Bertz CT molecular complexity index is 282. The van der Waals surface area contributed by atoms with Crippen LogP contribution in [0, 0.1) is 0 Å². The molecule has 2 nitrogen and oxygen atoms in total. The van der Waals surface area contributed by atoms with Crippen LogP contribution in [0.2, 0.25) is 0 Å². The van der Waals surface area contributed by atoms with Crippen molar-refractivity contribution < 1.29 is 9.47 Å². The van der Waals surface area contributed by atoms with E-state index in [0.29, 0.717) is 0 Å². The van der Waals surface area contributed by atoms with Gasteiger partial charge in [0.1, 0.15) is 0 Å². The lowest BCUT2D eigenvalue weighted by Crippen LogP contribution is -1.99. The lowest BCUT2D eigenvalue weighted by molar-refractivity contribution is 0.293. The maximum absolute atomic E-state index is 5.59. The van der Waals surface area contributed by atoms with E-state index in [0.717, 1.165) is 30.9 Å². The zero-order chi connectivity index (χ0) is 12.4. The highest BCUT2D eigenvalue weighted by Gasteiger charge is 2.07. The van der Waals surface area contributed by atoms with Gasteiger partial charge in [0.25, 0.3) is 0 Å². The Morgan fingerprint density at radius 2 is 1.81 bits per heavy atom. The number of hydrogen-bond acceptors (Lipinski definition) is 2. The summed E-state index contributed by atoms with van der Waals surface area (Å²) in [7, 11) is 1.69. The Labute approximate surface area is 99.6 Å². The molecule has 0 atom stereocenters. The van der Waals surface area contributed by atoms with Crippen LogP contribution in [0.15, 0.2) is 18.2 Å². The summed E-state index contributed by atoms with van der Waals surface area (Å²) in [6, 6.07) is 6.03. The summed E-state index contributed by atoms with van der Waals surface area (Å²) in [6.45, 7) is 8.95. The lowest BCUT2D eigenvalue weighted by atomic mass is 10.1. The Hall–Kier alpha value is -1.18. The molecule has 0 unspecified atom stereocenters. The monoisotopic (exact) mass is 224 g/mol. The van der Waals surface area contributed by atoms with Crippen molar-refractivity contribution in [2.45, 2.75) is 40.5 Å². The highest BCUT2D eigenvalue weighted by molar-refractivity contribution is 5.46. The first-order valence-corrected chi connectivity index (χ1v) is 6.12. The molecule has 0 radical (unpaired) electrons. The fourth-order valence-corrected chi connectivity index (χ4v) is 1.40. The highest BCUT2D eigenvalue weighted by atomic mass is 16.5. The van der Waals surface area contributed by atoms with Gasteiger partial charge < -0.3 is 9.47 Å². The Kier molecular flexibility index (Phi) is 8.41. The van der Waals surface area contributed by atoms with E-state index in [4.69, 9.17) is 9.47 Å². The van der Waals surface area contributed by atoms with Gasteiger partial charge in [-0.05, 0) is 24.5 Å². The quantitative estimate of drug-likeness (QED) is 0.750. The topological polar surface area (TPSA) is 18.5 Å². The van der Waals surface area contributed by atoms with Gasteiger partial charge in [0.2, 0.25) is 0 Å². The molecule has 92 valence electrons. The van der Waals surface area contributed by atoms with Gasteiger partial charge in [-0.15, -0.1) is 0 Å². The molecule has 0 bridgehead atoms. The van der Waals surface area contributed by atoms with Crippen LogP contribution in [0.1, 0.15) is 39.7 Å². The van der Waals surface area contributed by atoms with Gasteiger partial charge in [0, 0.05) is 0 Å². The lowest BCUT2D eigenvalue weighted by Gasteiger charge is -2.12. The second-order valence-electron chi connectivity index (χ2n) is 3.15. The normalized spacial score (nSPS) is 9.06. The molecule has 1 aromatic rings. The second kappa shape index (κ2) is 9.08. The summed E-state index contributed by atoms with van der Waals surface area (Å²) in [4.78, 5) is 0. The minimum atomic E-state index is 0.740. The summed E-state index contributed by atoms with van der Waals surface area (Å²) in [5.41, 5.74) is 1.20. The highest BCUT2D eigenvalue weighted by Crippen LogP contribution is 2.31. The van der Waals surface area contributed by atoms with Crippen LogP contribution in [0.3, 0.4) is 0 Å². The molecule has 0 heterocycles. The average Bonchev–Trinajstić information content (AvgIpc) is 2.37. The summed E-state index contributed by atoms with van der Waals surface area (Å²) >= 11 is 0. The van der Waals surface area contributed by atoms with Crippen LogP contribution in [-0.4, -0.2) is 13.7 Å². The van der Waals surface area contributed by atoms with Crippen molar-refractivity contribution in [1.82, 2.24) is 0 Å². The van der Waals surface area contributed by atoms with Crippen molar-refractivity contribution in [3.05, 3.63) is 23.8 Å². The van der Waals surface area contributed by atoms with Gasteiger partial charge in [0.15, 0.2) is 11.5 Å². The maximum Gasteiger partial charge on any atom is 0.163 e. The first-order valence-electron chi connectivity index (χ1n) is 6.12. The van der Waals surface area contributed by atoms with Crippen LogP contribution in [0.25, 0.3) is 0 Å². The largest absolute Gasteiger partial charge is 0.493 e. The van der Waals surface area contributed by atoms with Crippen molar-refractivity contribution in [2.24, 2.45) is 0 Å². The number of methoxy groups -OCH3 is 1. The van der Waals surface area contributed by atoms with Crippen molar-refractivity contribution >= 4 is 0 Å². The number of rotatable bonds is 5. The zero-order valence-corrected chi connectivity index (χ0v) is 11.2. The number of hydrogen-bond donors (Lipinski definition) is 0. The molecule has 1 rings (SSSR count). The predicted molar refractivity (Wildman–Crippen MR) is 69.5 cm³/mol. The third-order valence-corrected chi connectivity index (χ3v) is 2.11. The minimum absolute atomic E-state index is 0.740. The molecule has 0 aliphatic carbocycles. The molecule has 0 spiro atoms. The molecule has 0 amide bonds. The molecular formula is C14H24O2. The fraction of sp³-hybridized carbons (Fsp3) is 0.571. The van der Waals surface area contributed by atoms with E-state index in [-0.39, 0.29) is 0 Å². The smallest absolute Gasteiger partial charge is 0.163 e. The maximum atomic E-state index is 5.59. The SMILES string of the molecule is CC.CCCOc1cccc(CC)c1OC. The zero-order valence-electron chi connectivity index (χ0n) is 11.2. The van der Waals surface area contributed by atoms with Gasteiger partial charge in [-0.3, -0.25) is 0 Å². The molecule has 0 N–H and O–H groups in total. The Morgan fingerprint density at radius 1 is 1.12 bits per heavy atom. The van der Waals surface area contributed by atoms with E-state index >= 15 is 0 Å². The number of benzene rings is 1. The van der Waals surface area contributed by atoms with Crippen LogP contribution in [0.4, 0.5) is 0 Å². The van der Waals surface area contributed by atoms with E-state index < -0.39 is 0 Å². The Morgan fingerprint density at radius 3 is 2.31 bits per heavy atom. The third kappa shape index (κ3) is 4.13. The average molecular weight is 224 g/mol. The predicted octanol–water partition coefficient (Wildman–Crippen LogP) is 4.07. The van der Waals surface area contributed by atoms with Gasteiger partial charge in [0.05, 0.1) is 13.7 Å².